The number of nitro groups is 1. The summed E-state index contributed by atoms with van der Waals surface area (Å²) in [5, 5.41) is 18.2. The normalized spacial score (nSPS) is 9.78. The highest BCUT2D eigenvalue weighted by atomic mass is 32.2. The Morgan fingerprint density at radius 1 is 1.44 bits per heavy atom. The number of amidine groups is 1. The van der Waals surface area contributed by atoms with Crippen LogP contribution < -0.4 is 11.5 Å². The number of benzene rings is 1. The molecule has 0 aliphatic rings. The van der Waals surface area contributed by atoms with Crippen LogP contribution in [0.4, 0.5) is 5.69 Å². The number of aliphatic imine (C=N–C) groups is 1. The van der Waals surface area contributed by atoms with E-state index in [-0.39, 0.29) is 16.8 Å². The van der Waals surface area contributed by atoms with Crippen molar-refractivity contribution in [1.82, 2.24) is 0 Å². The number of hydrogen-bond donors (Lipinski definition) is 3. The van der Waals surface area contributed by atoms with Crippen molar-refractivity contribution in [2.75, 3.05) is 5.75 Å². The number of para-hydroxylation sites is 1. The van der Waals surface area contributed by atoms with E-state index in [2.05, 4.69) is 4.99 Å². The molecule has 18 heavy (non-hydrogen) atoms. The van der Waals surface area contributed by atoms with E-state index in [1.165, 1.54) is 6.07 Å². The summed E-state index contributed by atoms with van der Waals surface area (Å²) in [7, 11) is 0. The third-order valence-corrected chi connectivity index (χ3v) is 2.80. The van der Waals surface area contributed by atoms with Crippen molar-refractivity contribution in [3.05, 3.63) is 39.9 Å². The van der Waals surface area contributed by atoms with Gasteiger partial charge in [0.05, 0.1) is 4.92 Å². The van der Waals surface area contributed by atoms with Crippen molar-refractivity contribution in [3.8, 4) is 0 Å². The summed E-state index contributed by atoms with van der Waals surface area (Å²) in [5.74, 6) is 0.332. The number of hydrogen-bond acceptors (Lipinski definition) is 4. The number of nitro benzene ring substituents is 1. The van der Waals surface area contributed by atoms with Crippen molar-refractivity contribution in [1.29, 1.82) is 5.41 Å². The van der Waals surface area contributed by atoms with Gasteiger partial charge in [-0.2, -0.15) is 4.99 Å². The Balaban J connectivity index is 2.57. The zero-order valence-electron chi connectivity index (χ0n) is 9.50. The van der Waals surface area contributed by atoms with Gasteiger partial charge in [-0.05, 0) is 6.42 Å². The lowest BCUT2D eigenvalue weighted by atomic mass is 10.1. The molecule has 0 unspecified atom stereocenters. The van der Waals surface area contributed by atoms with Crippen LogP contribution in [0.3, 0.4) is 0 Å². The number of nitrogens with zero attached hydrogens (tertiary/aromatic N) is 2. The van der Waals surface area contributed by atoms with Crippen molar-refractivity contribution in [2.45, 2.75) is 6.42 Å². The lowest BCUT2D eigenvalue weighted by Crippen LogP contribution is -2.23. The van der Waals surface area contributed by atoms with Crippen LogP contribution in [0.1, 0.15) is 5.56 Å². The maximum absolute atomic E-state index is 10.8. The van der Waals surface area contributed by atoms with Gasteiger partial charge in [-0.25, -0.2) is 0 Å². The summed E-state index contributed by atoms with van der Waals surface area (Å²) < 4.78 is 0. The second-order valence-corrected chi connectivity index (χ2v) is 4.41. The van der Waals surface area contributed by atoms with Crippen LogP contribution in [0, 0.1) is 15.5 Å². The van der Waals surface area contributed by atoms with E-state index in [0.717, 1.165) is 11.8 Å². The molecule has 1 aromatic carbocycles. The van der Waals surface area contributed by atoms with Crippen molar-refractivity contribution in [3.63, 3.8) is 0 Å². The third kappa shape index (κ3) is 4.42. The fourth-order valence-corrected chi connectivity index (χ4v) is 1.99. The van der Waals surface area contributed by atoms with Gasteiger partial charge >= 0.3 is 0 Å². The minimum absolute atomic E-state index is 0.00594. The third-order valence-electron chi connectivity index (χ3n) is 2.03. The van der Waals surface area contributed by atoms with Crippen LogP contribution in [-0.2, 0) is 6.42 Å². The Kier molecular flexibility index (Phi) is 5.12. The van der Waals surface area contributed by atoms with Gasteiger partial charge in [0.15, 0.2) is 11.1 Å². The van der Waals surface area contributed by atoms with Crippen LogP contribution in [0.5, 0.6) is 0 Å². The van der Waals surface area contributed by atoms with Crippen LogP contribution >= 0.6 is 11.8 Å². The first-order valence-electron chi connectivity index (χ1n) is 5.04. The standard InChI is InChI=1S/C10H13N5O2S/c11-9(12)14-10(13)18-6-5-7-3-1-2-4-8(7)15(16)17/h1-4H,5-6H2,(H5,11,12,13,14). The molecule has 0 bridgehead atoms. The minimum Gasteiger partial charge on any atom is -0.370 e. The second-order valence-electron chi connectivity index (χ2n) is 3.33. The number of nitrogens with one attached hydrogen (secondary N) is 1. The van der Waals surface area contributed by atoms with Crippen molar-refractivity contribution >= 4 is 28.6 Å². The highest BCUT2D eigenvalue weighted by Crippen LogP contribution is 2.19. The monoisotopic (exact) mass is 267 g/mol. The largest absolute Gasteiger partial charge is 0.370 e. The summed E-state index contributed by atoms with van der Waals surface area (Å²) >= 11 is 1.13. The maximum atomic E-state index is 10.8. The van der Waals surface area contributed by atoms with E-state index in [1.54, 1.807) is 18.2 Å². The van der Waals surface area contributed by atoms with Gasteiger partial charge in [-0.1, -0.05) is 30.0 Å². The van der Waals surface area contributed by atoms with Crippen LogP contribution in [0.2, 0.25) is 0 Å². The molecule has 0 aliphatic heterocycles. The predicted molar refractivity (Wildman–Crippen MR) is 72.8 cm³/mol. The number of aryl methyl sites for hydroxylation is 1. The molecule has 0 radical (unpaired) electrons. The molecule has 7 nitrogen and oxygen atoms in total. The highest BCUT2D eigenvalue weighted by molar-refractivity contribution is 8.13. The molecule has 1 aromatic rings. The van der Waals surface area contributed by atoms with E-state index in [9.17, 15) is 10.1 Å². The molecule has 5 N–H and O–H groups in total. The van der Waals surface area contributed by atoms with Gasteiger partial charge < -0.3 is 11.5 Å². The minimum atomic E-state index is -0.415. The number of guanidine groups is 1. The molecule has 0 aromatic heterocycles. The van der Waals surface area contributed by atoms with Crippen molar-refractivity contribution < 1.29 is 4.92 Å². The zero-order chi connectivity index (χ0) is 13.5. The van der Waals surface area contributed by atoms with Gasteiger partial charge in [-0.15, -0.1) is 0 Å². The Labute approximate surface area is 108 Å². The molecule has 0 aliphatic carbocycles. The summed E-state index contributed by atoms with van der Waals surface area (Å²) in [6.07, 6.45) is 0.476. The molecule has 96 valence electrons. The van der Waals surface area contributed by atoms with Crippen LogP contribution in [0.15, 0.2) is 29.3 Å². The molecule has 0 amide bonds. The quantitative estimate of drug-likeness (QED) is 0.325. The smallest absolute Gasteiger partial charge is 0.272 e. The molecular formula is C10H13N5O2S. The van der Waals surface area contributed by atoms with E-state index in [1.807, 2.05) is 0 Å². The number of thioether (sulfide) groups is 1. The van der Waals surface area contributed by atoms with Crippen LogP contribution in [0.25, 0.3) is 0 Å². The SMILES string of the molecule is N=C(N=C(N)N)SCCc1ccccc1[N+](=O)[O-]. The van der Waals surface area contributed by atoms with E-state index < -0.39 is 4.92 Å². The first kappa shape index (κ1) is 14.0. The Hall–Kier alpha value is -2.09. The van der Waals surface area contributed by atoms with Crippen molar-refractivity contribution in [2.24, 2.45) is 16.5 Å². The Morgan fingerprint density at radius 3 is 2.72 bits per heavy atom. The zero-order valence-corrected chi connectivity index (χ0v) is 10.3. The summed E-state index contributed by atoms with van der Waals surface area (Å²) in [6.45, 7) is 0. The van der Waals surface area contributed by atoms with Crippen LogP contribution in [-0.4, -0.2) is 21.8 Å². The predicted octanol–water partition coefficient (Wildman–Crippen LogP) is 1.08. The summed E-state index contributed by atoms with van der Waals surface area (Å²) in [4.78, 5) is 13.9. The lowest BCUT2D eigenvalue weighted by molar-refractivity contribution is -0.385. The average molecular weight is 267 g/mol. The second kappa shape index (κ2) is 6.60. The molecule has 1 rings (SSSR count). The van der Waals surface area contributed by atoms with Gasteiger partial charge in [0, 0.05) is 17.4 Å². The van der Waals surface area contributed by atoms with E-state index >= 15 is 0 Å². The molecule has 0 saturated heterocycles. The first-order valence-corrected chi connectivity index (χ1v) is 6.02. The molecule has 0 saturated carbocycles. The lowest BCUT2D eigenvalue weighted by Gasteiger charge is -2.02. The topological polar surface area (TPSA) is 131 Å². The summed E-state index contributed by atoms with van der Waals surface area (Å²) in [6, 6.07) is 6.52. The fourth-order valence-electron chi connectivity index (χ4n) is 1.31. The first-order chi connectivity index (χ1) is 8.50. The molecule has 0 spiro atoms. The molecule has 0 heterocycles. The molecular weight excluding hydrogens is 254 g/mol. The number of nitrogens with two attached hydrogens (primary N) is 2. The van der Waals surface area contributed by atoms with E-state index in [0.29, 0.717) is 17.7 Å². The molecule has 0 fully saturated rings. The molecule has 0 atom stereocenters. The maximum Gasteiger partial charge on any atom is 0.272 e. The van der Waals surface area contributed by atoms with E-state index in [4.69, 9.17) is 16.9 Å². The number of rotatable bonds is 4. The Bertz CT molecular complexity index is 485. The van der Waals surface area contributed by atoms with Gasteiger partial charge in [0.1, 0.15) is 0 Å². The van der Waals surface area contributed by atoms with Gasteiger partial charge in [0.25, 0.3) is 5.69 Å². The Morgan fingerprint density at radius 2 is 2.11 bits per heavy atom. The van der Waals surface area contributed by atoms with Gasteiger partial charge in [0.2, 0.25) is 0 Å². The van der Waals surface area contributed by atoms with Gasteiger partial charge in [-0.3, -0.25) is 15.5 Å². The highest BCUT2D eigenvalue weighted by Gasteiger charge is 2.11. The molecule has 8 heteroatoms. The fraction of sp³-hybridized carbons (Fsp3) is 0.200. The average Bonchev–Trinajstić information content (AvgIpc) is 2.28. The summed E-state index contributed by atoms with van der Waals surface area (Å²) in [5.41, 5.74) is 11.0.